The highest BCUT2D eigenvalue weighted by molar-refractivity contribution is 5.82. The van der Waals surface area contributed by atoms with Gasteiger partial charge in [0.25, 0.3) is 0 Å². The maximum absolute atomic E-state index is 12.1. The predicted octanol–water partition coefficient (Wildman–Crippen LogP) is 2.56. The summed E-state index contributed by atoms with van der Waals surface area (Å²) in [5.41, 5.74) is -0.0527. The Hall–Kier alpha value is -1.26. The molecule has 0 aromatic heterocycles. The average Bonchev–Trinajstić information content (AvgIpc) is 2.23. The first-order valence-electron chi connectivity index (χ1n) is 6.73. The van der Waals surface area contributed by atoms with Crippen molar-refractivity contribution < 1.29 is 14.7 Å². The summed E-state index contributed by atoms with van der Waals surface area (Å²) in [5, 5.41) is 11.7. The summed E-state index contributed by atoms with van der Waals surface area (Å²) in [7, 11) is 1.69. The molecule has 0 aromatic carbocycles. The summed E-state index contributed by atoms with van der Waals surface area (Å²) in [5.74, 6) is -0.773. The highest BCUT2D eigenvalue weighted by Crippen LogP contribution is 2.23. The van der Waals surface area contributed by atoms with E-state index in [9.17, 15) is 9.59 Å². The molecule has 0 fully saturated rings. The normalized spacial score (nSPS) is 14.9. The SMILES string of the molecule is CC(C)CC(NC(=O)N(C)C(C)C(C)(C)C)C(=O)O. The van der Waals surface area contributed by atoms with Gasteiger partial charge in [-0.25, -0.2) is 9.59 Å². The molecule has 0 spiro atoms. The van der Waals surface area contributed by atoms with Crippen LogP contribution in [0.3, 0.4) is 0 Å². The van der Waals surface area contributed by atoms with E-state index in [1.165, 1.54) is 0 Å². The van der Waals surface area contributed by atoms with Gasteiger partial charge in [-0.05, 0) is 24.7 Å². The molecule has 19 heavy (non-hydrogen) atoms. The number of nitrogens with zero attached hydrogens (tertiary/aromatic N) is 1. The van der Waals surface area contributed by atoms with Crippen molar-refractivity contribution in [2.45, 2.75) is 60.0 Å². The highest BCUT2D eigenvalue weighted by Gasteiger charge is 2.29. The molecule has 0 saturated heterocycles. The number of urea groups is 1. The third-order valence-electron chi connectivity index (χ3n) is 3.46. The molecule has 0 aliphatic heterocycles. The lowest BCUT2D eigenvalue weighted by atomic mass is 9.87. The Balaban J connectivity index is 4.69. The van der Waals surface area contributed by atoms with Crippen LogP contribution in [0.5, 0.6) is 0 Å². The summed E-state index contributed by atoms with van der Waals surface area (Å²) in [6, 6.07) is -1.15. The molecular weight excluding hydrogens is 244 g/mol. The molecule has 2 amide bonds. The van der Waals surface area contributed by atoms with E-state index in [2.05, 4.69) is 5.32 Å². The van der Waals surface area contributed by atoms with Gasteiger partial charge in [-0.3, -0.25) is 0 Å². The van der Waals surface area contributed by atoms with E-state index in [0.717, 1.165) is 0 Å². The second-order valence-corrected chi connectivity index (χ2v) is 6.62. The number of nitrogens with one attached hydrogen (secondary N) is 1. The molecule has 5 nitrogen and oxygen atoms in total. The first-order valence-corrected chi connectivity index (χ1v) is 6.73. The first-order chi connectivity index (χ1) is 8.46. The second-order valence-electron chi connectivity index (χ2n) is 6.62. The lowest BCUT2D eigenvalue weighted by Crippen LogP contribution is -2.52. The van der Waals surface area contributed by atoms with Crippen LogP contribution in [0, 0.1) is 11.3 Å². The molecule has 0 heterocycles. The molecule has 0 aromatic rings. The largest absolute Gasteiger partial charge is 0.480 e. The van der Waals surface area contributed by atoms with Gasteiger partial charge in [0.15, 0.2) is 0 Å². The third kappa shape index (κ3) is 5.94. The molecule has 0 bridgehead atoms. The van der Waals surface area contributed by atoms with Gasteiger partial charge in [0.05, 0.1) is 0 Å². The summed E-state index contributed by atoms with van der Waals surface area (Å²) in [6.45, 7) is 12.0. The van der Waals surface area contributed by atoms with Gasteiger partial charge in [0.2, 0.25) is 0 Å². The van der Waals surface area contributed by atoms with Crippen molar-refractivity contribution in [1.82, 2.24) is 10.2 Å². The van der Waals surface area contributed by atoms with Gasteiger partial charge < -0.3 is 15.3 Å². The number of hydrogen-bond acceptors (Lipinski definition) is 2. The minimum atomic E-state index is -0.987. The average molecular weight is 272 g/mol. The van der Waals surface area contributed by atoms with Gasteiger partial charge in [0.1, 0.15) is 6.04 Å². The number of carboxylic acids is 1. The van der Waals surface area contributed by atoms with Crippen LogP contribution in [0.2, 0.25) is 0 Å². The molecule has 2 atom stereocenters. The van der Waals surface area contributed by atoms with E-state index in [1.807, 2.05) is 41.5 Å². The topological polar surface area (TPSA) is 69.6 Å². The molecule has 2 N–H and O–H groups in total. The van der Waals surface area contributed by atoms with E-state index in [-0.39, 0.29) is 23.4 Å². The van der Waals surface area contributed by atoms with Crippen molar-refractivity contribution in [3.63, 3.8) is 0 Å². The molecule has 5 heteroatoms. The number of carbonyl (C=O) groups excluding carboxylic acids is 1. The molecular formula is C14H28N2O3. The summed E-state index contributed by atoms with van der Waals surface area (Å²) >= 11 is 0. The van der Waals surface area contributed by atoms with Gasteiger partial charge in [0, 0.05) is 13.1 Å². The Morgan fingerprint density at radius 2 is 1.68 bits per heavy atom. The monoisotopic (exact) mass is 272 g/mol. The zero-order chi connectivity index (χ0) is 15.4. The number of carboxylic acid groups (broad SMARTS) is 1. The molecule has 2 unspecified atom stereocenters. The standard InChI is InChI=1S/C14H28N2O3/c1-9(2)8-11(12(17)18)15-13(19)16(7)10(3)14(4,5)6/h9-11H,8H2,1-7H3,(H,15,19)(H,17,18). The molecule has 0 radical (unpaired) electrons. The Labute approximate surface area is 116 Å². The summed E-state index contributed by atoms with van der Waals surface area (Å²) in [6.07, 6.45) is 0.429. The third-order valence-corrected chi connectivity index (χ3v) is 3.46. The van der Waals surface area contributed by atoms with Crippen LogP contribution in [0.1, 0.15) is 48.0 Å². The van der Waals surface area contributed by atoms with Crippen molar-refractivity contribution in [1.29, 1.82) is 0 Å². The number of aliphatic carboxylic acids is 1. The van der Waals surface area contributed by atoms with Crippen LogP contribution >= 0.6 is 0 Å². The van der Waals surface area contributed by atoms with Crippen LogP contribution in [-0.2, 0) is 4.79 Å². The number of amides is 2. The van der Waals surface area contributed by atoms with Crippen molar-refractivity contribution >= 4 is 12.0 Å². The van der Waals surface area contributed by atoms with Crippen LogP contribution in [0.15, 0.2) is 0 Å². The van der Waals surface area contributed by atoms with Crippen LogP contribution in [0.4, 0.5) is 4.79 Å². The molecule has 112 valence electrons. The number of carbonyl (C=O) groups is 2. The van der Waals surface area contributed by atoms with Gasteiger partial charge in [-0.2, -0.15) is 0 Å². The zero-order valence-electron chi connectivity index (χ0n) is 13.2. The predicted molar refractivity (Wildman–Crippen MR) is 76.1 cm³/mol. The maximum Gasteiger partial charge on any atom is 0.326 e. The number of rotatable bonds is 5. The minimum absolute atomic E-state index is 0.0148. The van der Waals surface area contributed by atoms with Crippen LogP contribution < -0.4 is 5.32 Å². The molecule has 0 aliphatic rings. The quantitative estimate of drug-likeness (QED) is 0.808. The fourth-order valence-electron chi connectivity index (χ4n) is 1.70. The van der Waals surface area contributed by atoms with Crippen molar-refractivity contribution in [2.75, 3.05) is 7.05 Å². The Kier molecular flexibility index (Phi) is 6.33. The van der Waals surface area contributed by atoms with Crippen LogP contribution in [0.25, 0.3) is 0 Å². The van der Waals surface area contributed by atoms with Crippen molar-refractivity contribution in [3.05, 3.63) is 0 Å². The Bertz CT molecular complexity index is 321. The Morgan fingerprint density at radius 1 is 1.21 bits per heavy atom. The van der Waals surface area contributed by atoms with E-state index in [0.29, 0.717) is 6.42 Å². The van der Waals surface area contributed by atoms with Gasteiger partial charge in [-0.1, -0.05) is 34.6 Å². The van der Waals surface area contributed by atoms with E-state index >= 15 is 0 Å². The molecule has 0 saturated carbocycles. The minimum Gasteiger partial charge on any atom is -0.480 e. The van der Waals surface area contributed by atoms with E-state index in [1.54, 1.807) is 11.9 Å². The second kappa shape index (κ2) is 6.78. The first kappa shape index (κ1) is 17.7. The fourth-order valence-corrected chi connectivity index (χ4v) is 1.70. The van der Waals surface area contributed by atoms with Gasteiger partial charge >= 0.3 is 12.0 Å². The molecule has 0 aliphatic carbocycles. The van der Waals surface area contributed by atoms with Crippen molar-refractivity contribution in [2.24, 2.45) is 11.3 Å². The highest BCUT2D eigenvalue weighted by atomic mass is 16.4. The number of hydrogen-bond donors (Lipinski definition) is 2. The summed E-state index contributed by atoms with van der Waals surface area (Å²) in [4.78, 5) is 24.8. The van der Waals surface area contributed by atoms with Crippen molar-refractivity contribution in [3.8, 4) is 0 Å². The van der Waals surface area contributed by atoms with Crippen LogP contribution in [-0.4, -0.2) is 41.1 Å². The van der Waals surface area contributed by atoms with E-state index in [4.69, 9.17) is 5.11 Å². The lowest BCUT2D eigenvalue weighted by molar-refractivity contribution is -0.139. The fraction of sp³-hybridized carbons (Fsp3) is 0.857. The lowest BCUT2D eigenvalue weighted by Gasteiger charge is -2.36. The molecule has 0 rings (SSSR count). The zero-order valence-corrected chi connectivity index (χ0v) is 13.2. The smallest absolute Gasteiger partial charge is 0.326 e. The summed E-state index contributed by atoms with van der Waals surface area (Å²) < 4.78 is 0. The maximum atomic E-state index is 12.1. The van der Waals surface area contributed by atoms with Gasteiger partial charge in [-0.15, -0.1) is 0 Å². The van der Waals surface area contributed by atoms with E-state index < -0.39 is 12.0 Å². The Morgan fingerprint density at radius 3 is 2.00 bits per heavy atom.